The van der Waals surface area contributed by atoms with E-state index in [0.29, 0.717) is 29.4 Å². The van der Waals surface area contributed by atoms with Gasteiger partial charge in [0.15, 0.2) is 0 Å². The topological polar surface area (TPSA) is 120 Å². The Labute approximate surface area is 191 Å². The third-order valence-corrected chi connectivity index (χ3v) is 5.02. The van der Waals surface area contributed by atoms with Gasteiger partial charge >= 0.3 is 12.1 Å². The summed E-state index contributed by atoms with van der Waals surface area (Å²) in [5, 5.41) is 19.7. The van der Waals surface area contributed by atoms with Crippen LogP contribution in [0.4, 0.5) is 4.79 Å². The molecule has 174 valence electrons. The maximum atomic E-state index is 12.9. The molecule has 3 N–H and O–H groups in total. The van der Waals surface area contributed by atoms with Crippen molar-refractivity contribution in [2.24, 2.45) is 0 Å². The molecule has 0 saturated heterocycles. The van der Waals surface area contributed by atoms with E-state index in [9.17, 15) is 19.5 Å². The summed E-state index contributed by atoms with van der Waals surface area (Å²) in [6.45, 7) is 6.02. The predicted molar refractivity (Wildman–Crippen MR) is 124 cm³/mol. The number of carboxylic acid groups (broad SMARTS) is 1. The minimum absolute atomic E-state index is 0.0168. The molecule has 0 spiro atoms. The Hall–Kier alpha value is -3.81. The van der Waals surface area contributed by atoms with Gasteiger partial charge in [-0.15, -0.1) is 0 Å². The molecular formula is C25H28N2O6. The van der Waals surface area contributed by atoms with Gasteiger partial charge in [0.05, 0.1) is 11.9 Å². The quantitative estimate of drug-likeness (QED) is 0.501. The number of phenolic OH excluding ortho intramolecular Hbond substituents is 1. The summed E-state index contributed by atoms with van der Waals surface area (Å²) in [6.07, 6.45) is -0.0563. The molecule has 0 aliphatic heterocycles. The minimum Gasteiger partial charge on any atom is -0.506 e. The Morgan fingerprint density at radius 1 is 1.00 bits per heavy atom. The van der Waals surface area contributed by atoms with Crippen LogP contribution in [0.1, 0.15) is 37.5 Å². The van der Waals surface area contributed by atoms with E-state index in [1.807, 2.05) is 0 Å². The number of ether oxygens (including phenoxy) is 1. The lowest BCUT2D eigenvalue weighted by atomic mass is 10.0. The minimum atomic E-state index is -0.902. The Bertz CT molecular complexity index is 1210. The standard InChI is InChI=1S/C25H28N2O6/c1-25(2,3)33-24(32)27(15-17-6-4-16(5-7-17)14-22(30)31)13-12-18-8-10-20(28)23-19(18)9-11-21(29)26-23/h4-11,28H,12-15H2,1-3H3,(H,26,29)(H,30,31). The van der Waals surface area contributed by atoms with Gasteiger partial charge in [-0.1, -0.05) is 30.3 Å². The number of aromatic nitrogens is 1. The maximum absolute atomic E-state index is 12.9. The molecule has 0 aliphatic carbocycles. The zero-order valence-corrected chi connectivity index (χ0v) is 18.9. The van der Waals surface area contributed by atoms with Crippen molar-refractivity contribution in [2.75, 3.05) is 6.54 Å². The van der Waals surface area contributed by atoms with Crippen LogP contribution in [0.2, 0.25) is 0 Å². The molecule has 0 saturated carbocycles. The number of pyridine rings is 1. The number of rotatable bonds is 7. The monoisotopic (exact) mass is 452 g/mol. The van der Waals surface area contributed by atoms with Crippen molar-refractivity contribution < 1.29 is 24.5 Å². The average Bonchev–Trinajstić information content (AvgIpc) is 2.72. The van der Waals surface area contributed by atoms with Gasteiger partial charge < -0.3 is 24.8 Å². The lowest BCUT2D eigenvalue weighted by Crippen LogP contribution is -2.37. The fourth-order valence-electron chi connectivity index (χ4n) is 3.49. The van der Waals surface area contributed by atoms with Crippen LogP contribution in [-0.2, 0) is 28.9 Å². The van der Waals surface area contributed by atoms with Crippen LogP contribution >= 0.6 is 0 Å². The number of aromatic amines is 1. The molecule has 33 heavy (non-hydrogen) atoms. The van der Waals surface area contributed by atoms with E-state index in [1.54, 1.807) is 62.1 Å². The van der Waals surface area contributed by atoms with Crippen LogP contribution in [0.25, 0.3) is 10.9 Å². The van der Waals surface area contributed by atoms with Crippen molar-refractivity contribution in [1.82, 2.24) is 9.88 Å². The fourth-order valence-corrected chi connectivity index (χ4v) is 3.49. The number of amides is 1. The number of carboxylic acids is 1. The zero-order chi connectivity index (χ0) is 24.2. The van der Waals surface area contributed by atoms with Crippen LogP contribution in [-0.4, -0.2) is 44.3 Å². The highest BCUT2D eigenvalue weighted by molar-refractivity contribution is 5.87. The second kappa shape index (κ2) is 9.77. The molecule has 0 radical (unpaired) electrons. The summed E-state index contributed by atoms with van der Waals surface area (Å²) >= 11 is 0. The summed E-state index contributed by atoms with van der Waals surface area (Å²) < 4.78 is 5.58. The number of aliphatic carboxylic acids is 1. The number of aromatic hydroxyl groups is 1. The lowest BCUT2D eigenvalue weighted by molar-refractivity contribution is -0.136. The van der Waals surface area contributed by atoms with Gasteiger partial charge in [-0.3, -0.25) is 9.59 Å². The molecule has 3 rings (SSSR count). The summed E-state index contributed by atoms with van der Waals surface area (Å²) in [4.78, 5) is 39.7. The van der Waals surface area contributed by atoms with E-state index >= 15 is 0 Å². The number of carbonyl (C=O) groups is 2. The summed E-state index contributed by atoms with van der Waals surface area (Å²) in [7, 11) is 0. The number of phenols is 1. The molecule has 1 aromatic heterocycles. The highest BCUT2D eigenvalue weighted by Crippen LogP contribution is 2.25. The van der Waals surface area contributed by atoms with Crippen molar-refractivity contribution in [1.29, 1.82) is 0 Å². The van der Waals surface area contributed by atoms with Crippen LogP contribution in [0, 0.1) is 0 Å². The molecule has 0 aliphatic rings. The smallest absolute Gasteiger partial charge is 0.410 e. The van der Waals surface area contributed by atoms with E-state index in [0.717, 1.165) is 11.1 Å². The number of hydrogen-bond donors (Lipinski definition) is 3. The van der Waals surface area contributed by atoms with E-state index in [4.69, 9.17) is 9.84 Å². The van der Waals surface area contributed by atoms with Gasteiger partial charge in [0, 0.05) is 24.5 Å². The first-order valence-electron chi connectivity index (χ1n) is 10.6. The van der Waals surface area contributed by atoms with Gasteiger partial charge in [0.1, 0.15) is 11.4 Å². The third-order valence-electron chi connectivity index (χ3n) is 5.02. The van der Waals surface area contributed by atoms with E-state index < -0.39 is 17.7 Å². The first-order chi connectivity index (χ1) is 15.5. The van der Waals surface area contributed by atoms with E-state index in [1.165, 1.54) is 12.1 Å². The predicted octanol–water partition coefficient (Wildman–Crippen LogP) is 3.84. The number of fused-ring (bicyclic) bond motifs is 1. The second-order valence-corrected chi connectivity index (χ2v) is 8.89. The third kappa shape index (κ3) is 6.58. The first-order valence-corrected chi connectivity index (χ1v) is 10.6. The van der Waals surface area contributed by atoms with Crippen LogP contribution < -0.4 is 5.56 Å². The first kappa shape index (κ1) is 23.8. The Morgan fingerprint density at radius 2 is 1.67 bits per heavy atom. The Morgan fingerprint density at radius 3 is 2.30 bits per heavy atom. The van der Waals surface area contributed by atoms with Crippen molar-refractivity contribution in [3.05, 3.63) is 75.6 Å². The molecule has 1 heterocycles. The molecular weight excluding hydrogens is 424 g/mol. The van der Waals surface area contributed by atoms with E-state index in [-0.39, 0.29) is 24.3 Å². The normalized spacial score (nSPS) is 11.4. The molecule has 3 aromatic rings. The van der Waals surface area contributed by atoms with Crippen LogP contribution in [0.15, 0.2) is 53.3 Å². The Kier molecular flexibility index (Phi) is 7.06. The number of hydrogen-bond acceptors (Lipinski definition) is 5. The molecule has 0 unspecified atom stereocenters. The van der Waals surface area contributed by atoms with Gasteiger partial charge in [-0.25, -0.2) is 4.79 Å². The maximum Gasteiger partial charge on any atom is 0.410 e. The number of H-pyrrole nitrogens is 1. The van der Waals surface area contributed by atoms with Gasteiger partial charge in [0.2, 0.25) is 5.56 Å². The average molecular weight is 453 g/mol. The molecule has 8 heteroatoms. The molecule has 2 aromatic carbocycles. The number of nitrogens with zero attached hydrogens (tertiary/aromatic N) is 1. The zero-order valence-electron chi connectivity index (χ0n) is 18.9. The number of benzene rings is 2. The van der Waals surface area contributed by atoms with Gasteiger partial charge in [0.25, 0.3) is 0 Å². The lowest BCUT2D eigenvalue weighted by Gasteiger charge is -2.28. The molecule has 1 amide bonds. The van der Waals surface area contributed by atoms with Gasteiger partial charge in [-0.2, -0.15) is 0 Å². The highest BCUT2D eigenvalue weighted by atomic mass is 16.6. The summed E-state index contributed by atoms with van der Waals surface area (Å²) in [5.74, 6) is -0.919. The van der Waals surface area contributed by atoms with Gasteiger partial charge in [-0.05, 0) is 56.0 Å². The summed E-state index contributed by atoms with van der Waals surface area (Å²) in [6, 6.07) is 13.4. The van der Waals surface area contributed by atoms with E-state index in [2.05, 4.69) is 4.98 Å². The SMILES string of the molecule is CC(C)(C)OC(=O)N(CCc1ccc(O)c2[nH]c(=O)ccc12)Cc1ccc(CC(=O)O)cc1. The molecule has 0 fully saturated rings. The van der Waals surface area contributed by atoms with Crippen LogP contribution in [0.3, 0.4) is 0 Å². The van der Waals surface area contributed by atoms with Crippen LogP contribution in [0.5, 0.6) is 5.75 Å². The Balaban J connectivity index is 1.82. The van der Waals surface area contributed by atoms with Crippen molar-refractivity contribution >= 4 is 23.0 Å². The summed E-state index contributed by atoms with van der Waals surface area (Å²) in [5.41, 5.74) is 1.78. The fraction of sp³-hybridized carbons (Fsp3) is 0.320. The van der Waals surface area contributed by atoms with Crippen molar-refractivity contribution in [2.45, 2.75) is 45.8 Å². The number of carbonyl (C=O) groups excluding carboxylic acids is 1. The molecule has 8 nitrogen and oxygen atoms in total. The second-order valence-electron chi connectivity index (χ2n) is 8.89. The highest BCUT2D eigenvalue weighted by Gasteiger charge is 2.22. The largest absolute Gasteiger partial charge is 0.506 e. The molecule has 0 bridgehead atoms. The number of nitrogens with one attached hydrogen (secondary N) is 1. The molecule has 0 atom stereocenters. The van der Waals surface area contributed by atoms with Crippen molar-refractivity contribution in [3.8, 4) is 5.75 Å². The van der Waals surface area contributed by atoms with Crippen molar-refractivity contribution in [3.63, 3.8) is 0 Å².